The van der Waals surface area contributed by atoms with E-state index in [1.165, 1.54) is 19.3 Å². The monoisotopic (exact) mass is 254 g/mol. The molecule has 1 saturated heterocycles. The van der Waals surface area contributed by atoms with Gasteiger partial charge in [0.2, 0.25) is 5.91 Å². The molecule has 1 aliphatic heterocycles. The number of rotatable bonds is 4. The summed E-state index contributed by atoms with van der Waals surface area (Å²) in [6.07, 6.45) is 7.56. The van der Waals surface area contributed by atoms with Crippen LogP contribution in [0.2, 0.25) is 0 Å². The first-order valence-electron chi connectivity index (χ1n) is 7.38. The topological polar surface area (TPSA) is 64.4 Å². The van der Waals surface area contributed by atoms with Gasteiger partial charge < -0.3 is 15.8 Å². The van der Waals surface area contributed by atoms with E-state index in [2.05, 4.69) is 12.2 Å². The number of hydrogen-bond donors (Lipinski definition) is 2. The van der Waals surface area contributed by atoms with E-state index < -0.39 is 0 Å². The first-order valence-corrected chi connectivity index (χ1v) is 7.38. The Balaban J connectivity index is 1.72. The van der Waals surface area contributed by atoms with Crippen LogP contribution in [0.25, 0.3) is 0 Å². The van der Waals surface area contributed by atoms with Crippen LogP contribution in [0.15, 0.2) is 0 Å². The molecule has 0 aromatic heterocycles. The SMILES string of the molecule is CCC1CCC(NC(=O)[C@@H]2CC[C@H](CN)O2)CC1. The highest BCUT2D eigenvalue weighted by Crippen LogP contribution is 2.27. The molecule has 1 amide bonds. The molecule has 1 aliphatic carbocycles. The van der Waals surface area contributed by atoms with Crippen LogP contribution >= 0.6 is 0 Å². The molecule has 0 spiro atoms. The highest BCUT2D eigenvalue weighted by molar-refractivity contribution is 5.81. The van der Waals surface area contributed by atoms with E-state index in [0.29, 0.717) is 12.6 Å². The molecule has 0 bridgehead atoms. The minimum atomic E-state index is -0.262. The molecule has 18 heavy (non-hydrogen) atoms. The van der Waals surface area contributed by atoms with Gasteiger partial charge in [0.15, 0.2) is 0 Å². The number of nitrogens with two attached hydrogens (primary N) is 1. The molecular formula is C14H26N2O2. The van der Waals surface area contributed by atoms with Crippen molar-refractivity contribution in [1.82, 2.24) is 5.32 Å². The van der Waals surface area contributed by atoms with Gasteiger partial charge in [0.05, 0.1) is 6.10 Å². The van der Waals surface area contributed by atoms with E-state index in [9.17, 15) is 4.79 Å². The summed E-state index contributed by atoms with van der Waals surface area (Å²) in [4.78, 5) is 12.0. The average Bonchev–Trinajstić information content (AvgIpc) is 2.88. The van der Waals surface area contributed by atoms with Crippen molar-refractivity contribution in [3.63, 3.8) is 0 Å². The first kappa shape index (κ1) is 13.8. The molecule has 1 heterocycles. The molecule has 0 unspecified atom stereocenters. The van der Waals surface area contributed by atoms with Crippen LogP contribution in [0.3, 0.4) is 0 Å². The third-order valence-electron chi connectivity index (χ3n) is 4.43. The summed E-state index contributed by atoms with van der Waals surface area (Å²) in [6.45, 7) is 2.77. The Morgan fingerprint density at radius 1 is 1.22 bits per heavy atom. The first-order chi connectivity index (χ1) is 8.72. The van der Waals surface area contributed by atoms with Crippen molar-refractivity contribution in [1.29, 1.82) is 0 Å². The molecule has 0 aromatic carbocycles. The Kier molecular flexibility index (Phi) is 5.01. The zero-order valence-corrected chi connectivity index (χ0v) is 11.4. The Labute approximate surface area is 110 Å². The van der Waals surface area contributed by atoms with Crippen LogP contribution in [0.4, 0.5) is 0 Å². The maximum absolute atomic E-state index is 12.0. The van der Waals surface area contributed by atoms with Crippen LogP contribution in [-0.2, 0) is 9.53 Å². The molecule has 4 heteroatoms. The zero-order chi connectivity index (χ0) is 13.0. The minimum absolute atomic E-state index is 0.0749. The maximum Gasteiger partial charge on any atom is 0.249 e. The highest BCUT2D eigenvalue weighted by Gasteiger charge is 2.31. The van der Waals surface area contributed by atoms with Gasteiger partial charge in [-0.15, -0.1) is 0 Å². The molecular weight excluding hydrogens is 228 g/mol. The molecule has 4 nitrogen and oxygen atoms in total. The molecule has 0 aromatic rings. The zero-order valence-electron chi connectivity index (χ0n) is 11.4. The normalized spacial score (nSPS) is 36.6. The van der Waals surface area contributed by atoms with Crippen molar-refractivity contribution < 1.29 is 9.53 Å². The molecule has 2 aliphatic rings. The minimum Gasteiger partial charge on any atom is -0.364 e. The van der Waals surface area contributed by atoms with Crippen molar-refractivity contribution in [2.75, 3.05) is 6.54 Å². The van der Waals surface area contributed by atoms with Crippen molar-refractivity contribution in [3.8, 4) is 0 Å². The Hall–Kier alpha value is -0.610. The van der Waals surface area contributed by atoms with Gasteiger partial charge >= 0.3 is 0 Å². The van der Waals surface area contributed by atoms with Gasteiger partial charge in [0.25, 0.3) is 0 Å². The van der Waals surface area contributed by atoms with Gasteiger partial charge in [-0.2, -0.15) is 0 Å². The van der Waals surface area contributed by atoms with E-state index in [-0.39, 0.29) is 18.1 Å². The lowest BCUT2D eigenvalue weighted by Gasteiger charge is -2.29. The molecule has 104 valence electrons. The molecule has 3 N–H and O–H groups in total. The summed E-state index contributed by atoms with van der Waals surface area (Å²) in [5.74, 6) is 0.938. The summed E-state index contributed by atoms with van der Waals surface area (Å²) in [6, 6.07) is 0.362. The van der Waals surface area contributed by atoms with E-state index in [0.717, 1.165) is 31.6 Å². The quantitative estimate of drug-likeness (QED) is 0.800. The number of nitrogens with one attached hydrogen (secondary N) is 1. The second-order valence-corrected chi connectivity index (χ2v) is 5.69. The maximum atomic E-state index is 12.0. The fourth-order valence-electron chi connectivity index (χ4n) is 3.08. The van der Waals surface area contributed by atoms with E-state index in [1.807, 2.05) is 0 Å². The third kappa shape index (κ3) is 3.45. The molecule has 2 rings (SSSR count). The van der Waals surface area contributed by atoms with Crippen LogP contribution in [0, 0.1) is 5.92 Å². The van der Waals surface area contributed by atoms with Crippen LogP contribution < -0.4 is 11.1 Å². The molecule has 0 radical (unpaired) electrons. The van der Waals surface area contributed by atoms with Gasteiger partial charge in [-0.05, 0) is 44.4 Å². The predicted molar refractivity (Wildman–Crippen MR) is 71.1 cm³/mol. The Morgan fingerprint density at radius 2 is 1.94 bits per heavy atom. The lowest BCUT2D eigenvalue weighted by Crippen LogP contribution is -2.43. The third-order valence-corrected chi connectivity index (χ3v) is 4.43. The largest absolute Gasteiger partial charge is 0.364 e. The standard InChI is InChI=1S/C14H26N2O2/c1-2-10-3-5-11(6-4-10)16-14(17)13-8-7-12(9-15)18-13/h10-13H,2-9,15H2,1H3,(H,16,17)/t10?,11?,12-,13+/m1/s1. The average molecular weight is 254 g/mol. The number of carbonyl (C=O) groups excluding carboxylic acids is 1. The molecule has 1 saturated carbocycles. The highest BCUT2D eigenvalue weighted by atomic mass is 16.5. The van der Waals surface area contributed by atoms with Gasteiger partial charge in [-0.25, -0.2) is 0 Å². The van der Waals surface area contributed by atoms with Crippen molar-refractivity contribution in [2.45, 2.75) is 70.1 Å². The molecule has 2 atom stereocenters. The van der Waals surface area contributed by atoms with Gasteiger partial charge in [-0.1, -0.05) is 13.3 Å². The second-order valence-electron chi connectivity index (χ2n) is 5.69. The number of ether oxygens (including phenoxy) is 1. The van der Waals surface area contributed by atoms with Gasteiger partial charge in [0, 0.05) is 12.6 Å². The van der Waals surface area contributed by atoms with Crippen molar-refractivity contribution in [2.24, 2.45) is 11.7 Å². The van der Waals surface area contributed by atoms with Gasteiger partial charge in [-0.3, -0.25) is 4.79 Å². The van der Waals surface area contributed by atoms with Crippen molar-refractivity contribution in [3.05, 3.63) is 0 Å². The number of amides is 1. The second kappa shape index (κ2) is 6.53. The van der Waals surface area contributed by atoms with Crippen LogP contribution in [0.1, 0.15) is 51.9 Å². The summed E-state index contributed by atoms with van der Waals surface area (Å²) in [5.41, 5.74) is 5.55. The van der Waals surface area contributed by atoms with E-state index >= 15 is 0 Å². The smallest absolute Gasteiger partial charge is 0.249 e. The Morgan fingerprint density at radius 3 is 2.50 bits per heavy atom. The molecule has 2 fully saturated rings. The summed E-state index contributed by atoms with van der Waals surface area (Å²) >= 11 is 0. The van der Waals surface area contributed by atoms with E-state index in [4.69, 9.17) is 10.5 Å². The van der Waals surface area contributed by atoms with Gasteiger partial charge in [0.1, 0.15) is 6.10 Å². The number of hydrogen-bond acceptors (Lipinski definition) is 3. The van der Waals surface area contributed by atoms with Crippen LogP contribution in [-0.4, -0.2) is 30.7 Å². The lowest BCUT2D eigenvalue weighted by atomic mass is 9.84. The summed E-state index contributed by atoms with van der Waals surface area (Å²) in [7, 11) is 0. The van der Waals surface area contributed by atoms with E-state index in [1.54, 1.807) is 0 Å². The van der Waals surface area contributed by atoms with Crippen molar-refractivity contribution >= 4 is 5.91 Å². The summed E-state index contributed by atoms with van der Waals surface area (Å²) in [5, 5.41) is 3.15. The lowest BCUT2D eigenvalue weighted by molar-refractivity contribution is -0.132. The predicted octanol–water partition coefficient (Wildman–Crippen LogP) is 1.58. The van der Waals surface area contributed by atoms with Crippen LogP contribution in [0.5, 0.6) is 0 Å². The number of carbonyl (C=O) groups is 1. The fraction of sp³-hybridized carbons (Fsp3) is 0.929. The summed E-state index contributed by atoms with van der Waals surface area (Å²) < 4.78 is 5.62. The fourth-order valence-corrected chi connectivity index (χ4v) is 3.08. The Bertz CT molecular complexity index is 275.